The lowest BCUT2D eigenvalue weighted by molar-refractivity contribution is -0.143. The van der Waals surface area contributed by atoms with E-state index in [1.807, 2.05) is 5.32 Å². The number of aliphatic imine (C=N–C) groups is 2. The van der Waals surface area contributed by atoms with E-state index in [1.54, 1.807) is 0 Å². The molecular weight excluding hydrogens is 1230 g/mol. The van der Waals surface area contributed by atoms with Gasteiger partial charge in [-0.25, -0.2) is 0 Å². The Labute approximate surface area is 536 Å². The van der Waals surface area contributed by atoms with Crippen LogP contribution in [-0.4, -0.2) is 227 Å². The number of guanidine groups is 2. The van der Waals surface area contributed by atoms with Gasteiger partial charge < -0.3 is 126 Å². The Morgan fingerprint density at radius 2 is 0.837 bits per heavy atom. The van der Waals surface area contributed by atoms with Crippen LogP contribution in [0.2, 0.25) is 0 Å². The molecule has 0 aliphatic carbocycles. The topological polar surface area (TPSA) is 702 Å². The number of likely N-dealkylation sites (tertiary alicyclic amines) is 1. The molecule has 33 N–H and O–H groups in total. The molecule has 0 saturated carbocycles. The number of hydrogen-bond donors (Lipinski definition) is 23. The van der Waals surface area contributed by atoms with Crippen molar-refractivity contribution in [3.63, 3.8) is 0 Å². The number of aliphatic hydroxyl groups is 2. The van der Waals surface area contributed by atoms with Crippen LogP contribution in [0.1, 0.15) is 110 Å². The maximum Gasteiger partial charge on any atom is 0.245 e. The Morgan fingerprint density at radius 1 is 0.467 bits per heavy atom. The lowest BCUT2D eigenvalue weighted by atomic mass is 10.0. The molecule has 13 atom stereocenters. The summed E-state index contributed by atoms with van der Waals surface area (Å²) in [6, 6.07) is -17.6. The van der Waals surface area contributed by atoms with Crippen molar-refractivity contribution in [3.05, 3.63) is 0 Å². The second kappa shape index (κ2) is 42.4. The molecule has 39 nitrogen and oxygen atoms in total. The van der Waals surface area contributed by atoms with Gasteiger partial charge in [0, 0.05) is 25.4 Å². The molecule has 1 heterocycles. The monoisotopic (exact) mass is 1330 g/mol. The van der Waals surface area contributed by atoms with Gasteiger partial charge in [-0.2, -0.15) is 12.6 Å². The third-order valence-corrected chi connectivity index (χ3v) is 14.3. The molecule has 1 aliphatic rings. The summed E-state index contributed by atoms with van der Waals surface area (Å²) < 4.78 is 0. The first kappa shape index (κ1) is 81.3. The minimum atomic E-state index is -2.00. The number of unbranched alkanes of at least 4 members (excludes halogenated alkanes) is 2. The van der Waals surface area contributed by atoms with Crippen LogP contribution in [0.15, 0.2) is 9.98 Å². The van der Waals surface area contributed by atoms with Gasteiger partial charge in [0.2, 0.25) is 82.7 Å². The molecule has 1 rings (SSSR count). The molecule has 92 heavy (non-hydrogen) atoms. The molecule has 0 radical (unpaired) electrons. The first-order valence-electron chi connectivity index (χ1n) is 29.6. The largest absolute Gasteiger partial charge is 0.391 e. The van der Waals surface area contributed by atoms with Crippen LogP contribution in [0.25, 0.3) is 0 Å². The van der Waals surface area contributed by atoms with Crippen LogP contribution in [0.4, 0.5) is 0 Å². The van der Waals surface area contributed by atoms with E-state index in [0.29, 0.717) is 32.2 Å². The van der Waals surface area contributed by atoms with Gasteiger partial charge in [0.15, 0.2) is 11.9 Å². The van der Waals surface area contributed by atoms with E-state index in [1.165, 1.54) is 0 Å². The maximum atomic E-state index is 14.6. The van der Waals surface area contributed by atoms with E-state index >= 15 is 0 Å². The summed E-state index contributed by atoms with van der Waals surface area (Å²) in [7, 11) is 0. The van der Waals surface area contributed by atoms with E-state index in [4.69, 9.17) is 63.1 Å². The van der Waals surface area contributed by atoms with Gasteiger partial charge in [0.05, 0.1) is 37.5 Å². The lowest BCUT2D eigenvalue weighted by Gasteiger charge is -2.31. The number of rotatable bonds is 45. The van der Waals surface area contributed by atoms with Gasteiger partial charge in [-0.1, -0.05) is 6.42 Å². The van der Waals surface area contributed by atoms with E-state index in [-0.39, 0.29) is 89.5 Å². The number of amides is 14. The highest BCUT2D eigenvalue weighted by Gasteiger charge is 2.42. The van der Waals surface area contributed by atoms with Crippen molar-refractivity contribution in [3.8, 4) is 0 Å². The number of thiol groups is 1. The molecule has 0 spiro atoms. The Bertz CT molecular complexity index is 2610. The van der Waals surface area contributed by atoms with Crippen molar-refractivity contribution in [1.29, 1.82) is 0 Å². The van der Waals surface area contributed by atoms with Gasteiger partial charge in [0.1, 0.15) is 60.4 Å². The first-order valence-corrected chi connectivity index (χ1v) is 30.2. The zero-order valence-corrected chi connectivity index (χ0v) is 52.5. The number of primary amides is 4. The number of carbonyl (C=O) groups is 14. The van der Waals surface area contributed by atoms with E-state index in [9.17, 15) is 77.3 Å². The number of nitrogens with two attached hydrogens (primary N) is 11. The molecule has 1 saturated heterocycles. The summed E-state index contributed by atoms with van der Waals surface area (Å²) >= 11 is 4.24. The van der Waals surface area contributed by atoms with Crippen molar-refractivity contribution in [2.24, 2.45) is 73.1 Å². The normalized spacial score (nSPS) is 16.6. The number of nitrogens with zero attached hydrogens (tertiary/aromatic N) is 3. The Balaban J connectivity index is 3.54. The standard InChI is InChI=1S/C52H95N23O16S/c1-24(76)38(40(59)81)73-46(87)32(22-37(58)80)70-44(85)30(20-35(56)78)69-45(86)31(21-36(57)79)71-48(89)34-14-9-19-75(34)50(91)29(13-8-18-65-52(62)63)68-49(90)39(25(2)77)74-47(88)33(23-92)72-43(84)27(11-4-6-16-54)67-42(83)28(12-7-17-64-51(60)61)66-41(82)26(55)10-3-5-15-53/h24-34,38-39,76-77,92H,3-23,53-55H2,1-2H3,(H2,56,78)(H2,57,79)(H2,58,80)(H2,59,81)(H,66,82)(H,67,83)(H,68,90)(H,69,86)(H,70,85)(H,71,89)(H,72,84)(H,73,87)(H,74,88)(H4,60,61,64)(H4,62,63,65)/t24-,25-,26-,27-,28-,29-,30-,31-,32-,33+,34-,38-,39-/m0/s1. The Morgan fingerprint density at radius 3 is 1.27 bits per heavy atom. The summed E-state index contributed by atoms with van der Waals surface area (Å²) in [4.78, 5) is 196. The van der Waals surface area contributed by atoms with Gasteiger partial charge in [-0.05, 0) is 97.6 Å². The number of nitrogens with one attached hydrogen (secondary N) is 9. The van der Waals surface area contributed by atoms with Crippen LogP contribution >= 0.6 is 12.6 Å². The van der Waals surface area contributed by atoms with Gasteiger partial charge in [0.25, 0.3) is 0 Å². The molecule has 0 aromatic rings. The molecule has 0 aromatic heterocycles. The number of aliphatic hydroxyl groups excluding tert-OH is 2. The van der Waals surface area contributed by atoms with Crippen molar-refractivity contribution < 1.29 is 77.3 Å². The molecule has 0 bridgehead atoms. The highest BCUT2D eigenvalue weighted by atomic mass is 32.1. The number of carbonyl (C=O) groups excluding carboxylic acids is 14. The summed E-state index contributed by atoms with van der Waals surface area (Å²) in [5.74, 6) is -16.2. The van der Waals surface area contributed by atoms with E-state index < -0.39 is 186 Å². The molecular formula is C52H95N23O16S. The van der Waals surface area contributed by atoms with Gasteiger partial charge in [-0.3, -0.25) is 77.1 Å². The van der Waals surface area contributed by atoms with Crippen molar-refractivity contribution in [2.75, 3.05) is 38.5 Å². The third kappa shape index (κ3) is 30.4. The SMILES string of the molecule is C[C@H](O)[C@H](NC(=O)[C@H](CC(N)=O)NC(=O)[C@H](CC(N)=O)NC(=O)[C@H](CC(N)=O)NC(=O)[C@@H]1CCCN1C(=O)[C@H](CCCN=C(N)N)NC(=O)[C@@H](NC(=O)[C@@H](CS)NC(=O)[C@H](CCCCN)NC(=O)[C@H](CCCN=C(N)N)NC(=O)[C@@H](N)CCCCN)[C@H](C)O)C(N)=O. The van der Waals surface area contributed by atoms with Crippen LogP contribution in [-0.2, 0) is 67.1 Å². The minimum Gasteiger partial charge on any atom is -0.391 e. The number of hydrogen-bond acceptors (Lipinski definition) is 22. The van der Waals surface area contributed by atoms with E-state index in [0.717, 1.165) is 18.7 Å². The van der Waals surface area contributed by atoms with Crippen molar-refractivity contribution in [1.82, 2.24) is 52.8 Å². The average Bonchev–Trinajstić information content (AvgIpc) is 1.69. The van der Waals surface area contributed by atoms with Crippen LogP contribution in [0.5, 0.6) is 0 Å². The maximum absolute atomic E-state index is 14.6. The average molecular weight is 1330 g/mol. The predicted octanol–water partition coefficient (Wildman–Crippen LogP) is -12.2. The van der Waals surface area contributed by atoms with Crippen LogP contribution in [0, 0.1) is 0 Å². The van der Waals surface area contributed by atoms with Gasteiger partial charge >= 0.3 is 0 Å². The Kier molecular flexibility index (Phi) is 37.4. The fraction of sp³-hybridized carbons (Fsp3) is 0.692. The third-order valence-electron chi connectivity index (χ3n) is 13.9. The summed E-state index contributed by atoms with van der Waals surface area (Å²) in [5, 5.41) is 42.0. The molecule has 40 heteroatoms. The molecule has 520 valence electrons. The highest BCUT2D eigenvalue weighted by molar-refractivity contribution is 7.80. The zero-order valence-electron chi connectivity index (χ0n) is 51.6. The van der Waals surface area contributed by atoms with Gasteiger partial charge in [-0.15, -0.1) is 0 Å². The van der Waals surface area contributed by atoms with Crippen molar-refractivity contribution >= 4 is 107 Å². The van der Waals surface area contributed by atoms with Crippen LogP contribution < -0.4 is 111 Å². The molecule has 14 amide bonds. The van der Waals surface area contributed by atoms with Crippen LogP contribution in [0.3, 0.4) is 0 Å². The molecule has 1 aliphatic heterocycles. The Hall–Kier alpha value is -8.73. The fourth-order valence-electron chi connectivity index (χ4n) is 9.10. The predicted molar refractivity (Wildman–Crippen MR) is 334 cm³/mol. The lowest BCUT2D eigenvalue weighted by Crippen LogP contribution is -2.62. The highest BCUT2D eigenvalue weighted by Crippen LogP contribution is 2.21. The molecule has 0 aromatic carbocycles. The summed E-state index contributed by atoms with van der Waals surface area (Å²) in [6.07, 6.45) is -4.00. The quantitative estimate of drug-likeness (QED) is 0.0116. The second-order valence-electron chi connectivity index (χ2n) is 21.7. The first-order chi connectivity index (χ1) is 43.2. The minimum absolute atomic E-state index is 0.000202. The second-order valence-corrected chi connectivity index (χ2v) is 22.1. The molecule has 0 unspecified atom stereocenters. The molecule has 1 fully saturated rings. The summed E-state index contributed by atoms with van der Waals surface area (Å²) in [6.45, 7) is 2.66. The fourth-order valence-corrected chi connectivity index (χ4v) is 9.36. The zero-order chi connectivity index (χ0) is 69.9. The summed E-state index contributed by atoms with van der Waals surface area (Å²) in [5.41, 5.74) is 60.5. The smallest absolute Gasteiger partial charge is 0.245 e. The van der Waals surface area contributed by atoms with Crippen molar-refractivity contribution in [2.45, 2.75) is 189 Å². The van der Waals surface area contributed by atoms with E-state index in [2.05, 4.69) is 65.1 Å².